The fourth-order valence-electron chi connectivity index (χ4n) is 1.92. The SMILES string of the molecule is Cc1ccc(F)c(-c2nnc(CC(C)CC(=O)O)o2)c1. The van der Waals surface area contributed by atoms with Gasteiger partial charge in [-0.25, -0.2) is 4.39 Å². The zero-order valence-corrected chi connectivity index (χ0v) is 11.3. The maximum Gasteiger partial charge on any atom is 0.303 e. The number of carbonyl (C=O) groups is 1. The van der Waals surface area contributed by atoms with Crippen molar-refractivity contribution in [2.24, 2.45) is 5.92 Å². The molecule has 0 fully saturated rings. The van der Waals surface area contributed by atoms with Crippen LogP contribution in [-0.4, -0.2) is 21.3 Å². The molecule has 6 heteroatoms. The van der Waals surface area contributed by atoms with Crippen molar-refractivity contribution in [2.45, 2.75) is 26.7 Å². The second-order valence-electron chi connectivity index (χ2n) is 4.89. The summed E-state index contributed by atoms with van der Waals surface area (Å²) in [5.74, 6) is -0.993. The largest absolute Gasteiger partial charge is 0.481 e. The van der Waals surface area contributed by atoms with Gasteiger partial charge in [0, 0.05) is 12.8 Å². The lowest BCUT2D eigenvalue weighted by atomic mass is 10.0. The van der Waals surface area contributed by atoms with Crippen molar-refractivity contribution in [3.8, 4) is 11.5 Å². The highest BCUT2D eigenvalue weighted by molar-refractivity contribution is 5.66. The fourth-order valence-corrected chi connectivity index (χ4v) is 1.92. The molecule has 1 aromatic heterocycles. The van der Waals surface area contributed by atoms with E-state index in [0.29, 0.717) is 12.3 Å². The first-order chi connectivity index (χ1) is 9.45. The van der Waals surface area contributed by atoms with Crippen molar-refractivity contribution in [1.82, 2.24) is 10.2 Å². The molecule has 0 bridgehead atoms. The van der Waals surface area contributed by atoms with Gasteiger partial charge in [-0.3, -0.25) is 4.79 Å². The Morgan fingerprint density at radius 1 is 1.45 bits per heavy atom. The Kier molecular flexibility index (Phi) is 4.12. The third-order valence-electron chi connectivity index (χ3n) is 2.87. The van der Waals surface area contributed by atoms with Crippen LogP contribution >= 0.6 is 0 Å². The lowest BCUT2D eigenvalue weighted by molar-refractivity contribution is -0.137. The van der Waals surface area contributed by atoms with E-state index in [-0.39, 0.29) is 23.8 Å². The predicted molar refractivity (Wildman–Crippen MR) is 69.5 cm³/mol. The van der Waals surface area contributed by atoms with Gasteiger partial charge in [0.1, 0.15) is 5.82 Å². The number of halogens is 1. The maximum absolute atomic E-state index is 13.7. The third kappa shape index (κ3) is 3.40. The van der Waals surface area contributed by atoms with Crippen LogP contribution in [0.25, 0.3) is 11.5 Å². The fraction of sp³-hybridized carbons (Fsp3) is 0.357. The first-order valence-corrected chi connectivity index (χ1v) is 6.26. The molecule has 0 saturated heterocycles. The van der Waals surface area contributed by atoms with Crippen molar-refractivity contribution in [2.75, 3.05) is 0 Å². The van der Waals surface area contributed by atoms with Gasteiger partial charge < -0.3 is 9.52 Å². The number of nitrogens with zero attached hydrogens (tertiary/aromatic N) is 2. The van der Waals surface area contributed by atoms with Gasteiger partial charge in [-0.15, -0.1) is 10.2 Å². The Balaban J connectivity index is 2.16. The first kappa shape index (κ1) is 14.2. The highest BCUT2D eigenvalue weighted by atomic mass is 19.1. The molecular formula is C14H15FN2O3. The summed E-state index contributed by atoms with van der Waals surface area (Å²) in [6.45, 7) is 3.63. The van der Waals surface area contributed by atoms with Crippen molar-refractivity contribution >= 4 is 5.97 Å². The Morgan fingerprint density at radius 2 is 2.20 bits per heavy atom. The molecule has 0 aliphatic rings. The topological polar surface area (TPSA) is 76.2 Å². The number of rotatable bonds is 5. The first-order valence-electron chi connectivity index (χ1n) is 6.26. The molecule has 2 aromatic rings. The number of aryl methyl sites for hydroxylation is 1. The van der Waals surface area contributed by atoms with E-state index in [0.717, 1.165) is 5.56 Å². The summed E-state index contributed by atoms with van der Waals surface area (Å²) in [4.78, 5) is 10.6. The molecule has 1 N–H and O–H groups in total. The van der Waals surface area contributed by atoms with Gasteiger partial charge in [0.05, 0.1) is 5.56 Å². The molecule has 0 spiro atoms. The molecular weight excluding hydrogens is 263 g/mol. The third-order valence-corrected chi connectivity index (χ3v) is 2.87. The average Bonchev–Trinajstić information content (AvgIpc) is 2.79. The molecule has 0 aliphatic carbocycles. The van der Waals surface area contributed by atoms with Crippen molar-refractivity contribution < 1.29 is 18.7 Å². The van der Waals surface area contributed by atoms with Crippen molar-refractivity contribution in [1.29, 1.82) is 0 Å². The number of aliphatic carboxylic acids is 1. The predicted octanol–water partition coefficient (Wildman–Crippen LogP) is 2.84. The van der Waals surface area contributed by atoms with Gasteiger partial charge in [-0.1, -0.05) is 18.6 Å². The molecule has 0 saturated carbocycles. The molecule has 106 valence electrons. The molecule has 1 atom stereocenters. The van der Waals surface area contributed by atoms with E-state index in [1.54, 1.807) is 19.1 Å². The average molecular weight is 278 g/mol. The van der Waals surface area contributed by atoms with E-state index in [1.165, 1.54) is 6.07 Å². The molecule has 20 heavy (non-hydrogen) atoms. The van der Waals surface area contributed by atoms with E-state index in [4.69, 9.17) is 9.52 Å². The number of carboxylic acids is 1. The van der Waals surface area contributed by atoms with Crippen LogP contribution in [0, 0.1) is 18.7 Å². The number of carboxylic acid groups (broad SMARTS) is 1. The maximum atomic E-state index is 13.7. The van der Waals surface area contributed by atoms with Crippen LogP contribution in [0.4, 0.5) is 4.39 Å². The monoisotopic (exact) mass is 278 g/mol. The Labute approximate surface area is 115 Å². The minimum Gasteiger partial charge on any atom is -0.481 e. The number of aromatic nitrogens is 2. The van der Waals surface area contributed by atoms with Crippen LogP contribution in [0.5, 0.6) is 0 Å². The number of hydrogen-bond acceptors (Lipinski definition) is 4. The van der Waals surface area contributed by atoms with Crippen LogP contribution in [0.1, 0.15) is 24.8 Å². The summed E-state index contributed by atoms with van der Waals surface area (Å²) >= 11 is 0. The summed E-state index contributed by atoms with van der Waals surface area (Å²) in [7, 11) is 0. The summed E-state index contributed by atoms with van der Waals surface area (Å²) in [6.07, 6.45) is 0.378. The zero-order valence-electron chi connectivity index (χ0n) is 11.3. The number of hydrogen-bond donors (Lipinski definition) is 1. The van der Waals surface area contributed by atoms with Crippen LogP contribution in [0.3, 0.4) is 0 Å². The molecule has 5 nitrogen and oxygen atoms in total. The van der Waals surface area contributed by atoms with E-state index >= 15 is 0 Å². The van der Waals surface area contributed by atoms with E-state index in [1.807, 2.05) is 6.92 Å². The Hall–Kier alpha value is -2.24. The lowest BCUT2D eigenvalue weighted by Gasteiger charge is -2.03. The molecule has 1 heterocycles. The molecule has 0 aliphatic heterocycles. The summed E-state index contributed by atoms with van der Waals surface area (Å²) in [5.41, 5.74) is 1.15. The van der Waals surface area contributed by atoms with Crippen LogP contribution < -0.4 is 0 Å². The standard InChI is InChI=1S/C14H15FN2O3/c1-8-3-4-11(15)10(5-8)14-17-16-12(20-14)6-9(2)7-13(18)19/h3-5,9H,6-7H2,1-2H3,(H,18,19). The Bertz CT molecular complexity index is 625. The molecule has 2 rings (SSSR count). The summed E-state index contributed by atoms with van der Waals surface area (Å²) in [5, 5.41) is 16.3. The van der Waals surface area contributed by atoms with Gasteiger partial charge in [0.25, 0.3) is 5.89 Å². The minimum absolute atomic E-state index is 0.0243. The summed E-state index contributed by atoms with van der Waals surface area (Å²) < 4.78 is 19.1. The summed E-state index contributed by atoms with van der Waals surface area (Å²) in [6, 6.07) is 4.64. The molecule has 1 unspecified atom stereocenters. The normalized spacial score (nSPS) is 12.3. The Morgan fingerprint density at radius 3 is 2.90 bits per heavy atom. The highest BCUT2D eigenvalue weighted by Crippen LogP contribution is 2.23. The lowest BCUT2D eigenvalue weighted by Crippen LogP contribution is -2.07. The van der Waals surface area contributed by atoms with Gasteiger partial charge in [-0.05, 0) is 25.0 Å². The second-order valence-corrected chi connectivity index (χ2v) is 4.89. The van der Waals surface area contributed by atoms with Gasteiger partial charge in [-0.2, -0.15) is 0 Å². The second kappa shape index (κ2) is 5.81. The van der Waals surface area contributed by atoms with E-state index < -0.39 is 11.8 Å². The van der Waals surface area contributed by atoms with E-state index in [9.17, 15) is 9.18 Å². The van der Waals surface area contributed by atoms with Crippen LogP contribution in [0.2, 0.25) is 0 Å². The molecule has 1 aromatic carbocycles. The molecule has 0 amide bonds. The van der Waals surface area contributed by atoms with Gasteiger partial charge in [0.2, 0.25) is 5.89 Å². The molecule has 0 radical (unpaired) electrons. The van der Waals surface area contributed by atoms with Crippen LogP contribution in [-0.2, 0) is 11.2 Å². The highest BCUT2D eigenvalue weighted by Gasteiger charge is 2.16. The van der Waals surface area contributed by atoms with Crippen molar-refractivity contribution in [3.63, 3.8) is 0 Å². The smallest absolute Gasteiger partial charge is 0.303 e. The quantitative estimate of drug-likeness (QED) is 0.910. The van der Waals surface area contributed by atoms with Crippen molar-refractivity contribution in [3.05, 3.63) is 35.5 Å². The van der Waals surface area contributed by atoms with Crippen LogP contribution in [0.15, 0.2) is 22.6 Å². The van der Waals surface area contributed by atoms with E-state index in [2.05, 4.69) is 10.2 Å². The van der Waals surface area contributed by atoms with Gasteiger partial charge in [0.15, 0.2) is 0 Å². The zero-order chi connectivity index (χ0) is 14.7. The van der Waals surface area contributed by atoms with Gasteiger partial charge >= 0.3 is 5.97 Å². The minimum atomic E-state index is -0.873. The number of benzene rings is 1.